The molecule has 2 atom stereocenters. The van der Waals surface area contributed by atoms with E-state index in [1.54, 1.807) is 0 Å². The number of carbonyl (C=O) groups is 1. The second-order valence-corrected chi connectivity index (χ2v) is 5.75. The number of para-hydroxylation sites is 1. The summed E-state index contributed by atoms with van der Waals surface area (Å²) in [4.78, 5) is 13.4. The van der Waals surface area contributed by atoms with E-state index in [9.17, 15) is 9.90 Å². The fraction of sp³-hybridized carbons (Fsp3) is 0.438. The van der Waals surface area contributed by atoms with Gasteiger partial charge in [-0.2, -0.15) is 0 Å². The van der Waals surface area contributed by atoms with Crippen LogP contribution >= 0.6 is 0 Å². The van der Waals surface area contributed by atoms with Gasteiger partial charge >= 0.3 is 5.97 Å². The molecule has 0 amide bonds. The molecule has 2 aromatic rings. The Morgan fingerprint density at radius 3 is 2.85 bits per heavy atom. The zero-order chi connectivity index (χ0) is 14.3. The molecule has 0 unspecified atom stereocenters. The molecule has 1 N–H and O–H groups in total. The minimum Gasteiger partial charge on any atom is -0.481 e. The standard InChI is InChI=1S/C16H19NO3/c1-10-7-17(8-13(10)16(18)19)9-14-11(2)20-15-6-4-3-5-12(14)15/h3-6,10,13H,7-9H2,1-2H3,(H,18,19)/t10-,13-/m1/s1. The first-order chi connectivity index (χ1) is 9.56. The summed E-state index contributed by atoms with van der Waals surface area (Å²) < 4.78 is 5.77. The summed E-state index contributed by atoms with van der Waals surface area (Å²) in [6.45, 7) is 6.20. The minimum absolute atomic E-state index is 0.200. The molecule has 20 heavy (non-hydrogen) atoms. The van der Waals surface area contributed by atoms with E-state index >= 15 is 0 Å². The first-order valence-corrected chi connectivity index (χ1v) is 6.98. The maximum atomic E-state index is 11.2. The zero-order valence-electron chi connectivity index (χ0n) is 11.8. The lowest BCUT2D eigenvalue weighted by Gasteiger charge is -2.14. The number of rotatable bonds is 3. The summed E-state index contributed by atoms with van der Waals surface area (Å²) >= 11 is 0. The van der Waals surface area contributed by atoms with Crippen molar-refractivity contribution in [3.8, 4) is 0 Å². The summed E-state index contributed by atoms with van der Waals surface area (Å²) in [5.74, 6) is 0.186. The van der Waals surface area contributed by atoms with Gasteiger partial charge in [0.15, 0.2) is 0 Å². The molecule has 3 rings (SSSR count). The summed E-state index contributed by atoms with van der Waals surface area (Å²) in [5, 5.41) is 10.3. The smallest absolute Gasteiger partial charge is 0.308 e. The third-order valence-corrected chi connectivity index (χ3v) is 4.29. The average Bonchev–Trinajstić information content (AvgIpc) is 2.92. The van der Waals surface area contributed by atoms with E-state index in [0.29, 0.717) is 6.54 Å². The van der Waals surface area contributed by atoms with Crippen LogP contribution in [0.15, 0.2) is 28.7 Å². The highest BCUT2D eigenvalue weighted by atomic mass is 16.4. The number of nitrogens with zero attached hydrogens (tertiary/aromatic N) is 1. The first kappa shape index (κ1) is 13.2. The topological polar surface area (TPSA) is 53.7 Å². The van der Waals surface area contributed by atoms with Crippen molar-refractivity contribution in [2.45, 2.75) is 20.4 Å². The Kier molecular flexibility index (Phi) is 3.26. The quantitative estimate of drug-likeness (QED) is 0.934. The van der Waals surface area contributed by atoms with Crippen LogP contribution in [0, 0.1) is 18.8 Å². The minimum atomic E-state index is -0.686. The molecule has 0 spiro atoms. The predicted octanol–water partition coefficient (Wildman–Crippen LogP) is 2.89. The maximum absolute atomic E-state index is 11.2. The molecule has 1 aromatic carbocycles. The van der Waals surface area contributed by atoms with Gasteiger partial charge in [0.2, 0.25) is 0 Å². The molecule has 106 valence electrons. The van der Waals surface area contributed by atoms with Crippen LogP contribution in [0.25, 0.3) is 11.0 Å². The molecule has 4 heteroatoms. The molecule has 1 aliphatic rings. The fourth-order valence-corrected chi connectivity index (χ4v) is 3.16. The van der Waals surface area contributed by atoms with E-state index in [2.05, 4.69) is 11.0 Å². The molecule has 0 aliphatic carbocycles. The van der Waals surface area contributed by atoms with Crippen LogP contribution < -0.4 is 0 Å². The maximum Gasteiger partial charge on any atom is 0.308 e. The van der Waals surface area contributed by atoms with Gasteiger partial charge in [-0.1, -0.05) is 25.1 Å². The van der Waals surface area contributed by atoms with Gasteiger partial charge in [0.05, 0.1) is 5.92 Å². The summed E-state index contributed by atoms with van der Waals surface area (Å²) in [6, 6.07) is 8.01. The van der Waals surface area contributed by atoms with Crippen LogP contribution in [-0.2, 0) is 11.3 Å². The van der Waals surface area contributed by atoms with Gasteiger partial charge in [0.1, 0.15) is 11.3 Å². The van der Waals surface area contributed by atoms with Gasteiger partial charge < -0.3 is 9.52 Å². The molecular weight excluding hydrogens is 254 g/mol. The molecule has 1 aliphatic heterocycles. The van der Waals surface area contributed by atoms with Gasteiger partial charge in [-0.25, -0.2) is 0 Å². The molecule has 1 fully saturated rings. The van der Waals surface area contributed by atoms with E-state index in [0.717, 1.165) is 29.8 Å². The van der Waals surface area contributed by atoms with Crippen molar-refractivity contribution in [3.05, 3.63) is 35.6 Å². The highest BCUT2D eigenvalue weighted by Gasteiger charge is 2.35. The van der Waals surface area contributed by atoms with Crippen molar-refractivity contribution >= 4 is 16.9 Å². The number of carboxylic acids is 1. The van der Waals surface area contributed by atoms with Crippen LogP contribution in [-0.4, -0.2) is 29.1 Å². The number of benzene rings is 1. The normalized spacial score (nSPS) is 23.5. The first-order valence-electron chi connectivity index (χ1n) is 6.98. The number of fused-ring (bicyclic) bond motifs is 1. The third kappa shape index (κ3) is 2.20. The van der Waals surface area contributed by atoms with Crippen LogP contribution in [0.3, 0.4) is 0 Å². The molecule has 1 aromatic heterocycles. The van der Waals surface area contributed by atoms with Crippen molar-refractivity contribution in [3.63, 3.8) is 0 Å². The van der Waals surface area contributed by atoms with E-state index in [4.69, 9.17) is 4.42 Å². The van der Waals surface area contributed by atoms with E-state index < -0.39 is 5.97 Å². The fourth-order valence-electron chi connectivity index (χ4n) is 3.16. The van der Waals surface area contributed by atoms with Crippen molar-refractivity contribution in [1.82, 2.24) is 4.90 Å². The number of furan rings is 1. The molecule has 0 saturated carbocycles. The Labute approximate surface area is 118 Å². The van der Waals surface area contributed by atoms with E-state index in [1.165, 1.54) is 5.56 Å². The van der Waals surface area contributed by atoms with Crippen LogP contribution in [0.2, 0.25) is 0 Å². The van der Waals surface area contributed by atoms with Gasteiger partial charge in [0.25, 0.3) is 0 Å². The van der Waals surface area contributed by atoms with Crippen LogP contribution in [0.1, 0.15) is 18.2 Å². The second kappa shape index (κ2) is 4.94. The van der Waals surface area contributed by atoms with Crippen molar-refractivity contribution in [2.24, 2.45) is 11.8 Å². The van der Waals surface area contributed by atoms with Crippen molar-refractivity contribution in [1.29, 1.82) is 0 Å². The monoisotopic (exact) mass is 273 g/mol. The molecule has 0 radical (unpaired) electrons. The van der Waals surface area contributed by atoms with E-state index in [-0.39, 0.29) is 11.8 Å². The van der Waals surface area contributed by atoms with Gasteiger partial charge in [-0.05, 0) is 18.9 Å². The van der Waals surface area contributed by atoms with Gasteiger partial charge in [0, 0.05) is 30.6 Å². The molecule has 2 heterocycles. The number of hydrogen-bond acceptors (Lipinski definition) is 3. The number of likely N-dealkylation sites (tertiary alicyclic amines) is 1. The summed E-state index contributed by atoms with van der Waals surface area (Å²) in [5.41, 5.74) is 2.08. The van der Waals surface area contributed by atoms with Crippen molar-refractivity contribution in [2.75, 3.05) is 13.1 Å². The predicted molar refractivity (Wildman–Crippen MR) is 76.5 cm³/mol. The molecule has 0 bridgehead atoms. The average molecular weight is 273 g/mol. The molecule has 1 saturated heterocycles. The van der Waals surface area contributed by atoms with Gasteiger partial charge in [-0.15, -0.1) is 0 Å². The number of carboxylic acid groups (broad SMARTS) is 1. The molecule has 4 nitrogen and oxygen atoms in total. The molecular formula is C16H19NO3. The Hall–Kier alpha value is -1.81. The highest BCUT2D eigenvalue weighted by molar-refractivity contribution is 5.82. The lowest BCUT2D eigenvalue weighted by molar-refractivity contribution is -0.142. The summed E-state index contributed by atoms with van der Waals surface area (Å²) in [7, 11) is 0. The SMILES string of the molecule is Cc1oc2ccccc2c1CN1C[C@@H](C)[C@H](C(=O)O)C1. The second-order valence-electron chi connectivity index (χ2n) is 5.75. The highest BCUT2D eigenvalue weighted by Crippen LogP contribution is 2.30. The van der Waals surface area contributed by atoms with E-state index in [1.807, 2.05) is 32.0 Å². The Balaban J connectivity index is 1.84. The van der Waals surface area contributed by atoms with Gasteiger partial charge in [-0.3, -0.25) is 9.69 Å². The number of aryl methyl sites for hydroxylation is 1. The lowest BCUT2D eigenvalue weighted by Crippen LogP contribution is -2.23. The Morgan fingerprint density at radius 1 is 1.40 bits per heavy atom. The zero-order valence-corrected chi connectivity index (χ0v) is 11.8. The number of aliphatic carboxylic acids is 1. The summed E-state index contributed by atoms with van der Waals surface area (Å²) in [6.07, 6.45) is 0. The Bertz CT molecular complexity index is 646. The number of hydrogen-bond donors (Lipinski definition) is 1. The third-order valence-electron chi connectivity index (χ3n) is 4.29. The van der Waals surface area contributed by atoms with Crippen LogP contribution in [0.5, 0.6) is 0 Å². The lowest BCUT2D eigenvalue weighted by atomic mass is 9.99. The largest absolute Gasteiger partial charge is 0.481 e. The Morgan fingerprint density at radius 2 is 2.15 bits per heavy atom. The van der Waals surface area contributed by atoms with Crippen LogP contribution in [0.4, 0.5) is 0 Å². The van der Waals surface area contributed by atoms with Crippen molar-refractivity contribution < 1.29 is 14.3 Å².